The van der Waals surface area contributed by atoms with E-state index in [2.05, 4.69) is 16.0 Å². The molecule has 1 aliphatic rings. The van der Waals surface area contributed by atoms with E-state index in [-0.39, 0.29) is 23.9 Å². The summed E-state index contributed by atoms with van der Waals surface area (Å²) in [6.07, 6.45) is 2.53. The van der Waals surface area contributed by atoms with Crippen molar-refractivity contribution in [1.29, 1.82) is 0 Å². The minimum atomic E-state index is -0.501. The van der Waals surface area contributed by atoms with Crippen LogP contribution in [0.25, 0.3) is 0 Å². The van der Waals surface area contributed by atoms with E-state index in [1.165, 1.54) is 12.8 Å². The van der Waals surface area contributed by atoms with Gasteiger partial charge in [-0.1, -0.05) is 0 Å². The zero-order chi connectivity index (χ0) is 13.8. The quantitative estimate of drug-likeness (QED) is 0.643. The molecule has 0 radical (unpaired) electrons. The van der Waals surface area contributed by atoms with Gasteiger partial charge in [0.1, 0.15) is 6.04 Å². The molecule has 1 saturated carbocycles. The van der Waals surface area contributed by atoms with Crippen LogP contribution >= 0.6 is 0 Å². The van der Waals surface area contributed by atoms with Crippen molar-refractivity contribution < 1.29 is 9.59 Å². The van der Waals surface area contributed by atoms with Gasteiger partial charge < -0.3 is 16.0 Å². The molecule has 0 bridgehead atoms. The summed E-state index contributed by atoms with van der Waals surface area (Å²) in [5, 5.41) is 8.61. The van der Waals surface area contributed by atoms with Crippen molar-refractivity contribution >= 4 is 11.8 Å². The van der Waals surface area contributed by atoms with Crippen LogP contribution in [0.2, 0.25) is 0 Å². The molecule has 1 rings (SSSR count). The minimum Gasteiger partial charge on any atom is -0.350 e. The Labute approximate surface area is 109 Å². The van der Waals surface area contributed by atoms with Gasteiger partial charge in [-0.25, -0.2) is 0 Å². The molecule has 5 nitrogen and oxygen atoms in total. The van der Waals surface area contributed by atoms with Gasteiger partial charge in [-0.2, -0.15) is 0 Å². The molecular formula is C13H25N3O2. The lowest BCUT2D eigenvalue weighted by Crippen LogP contribution is -2.52. The van der Waals surface area contributed by atoms with E-state index in [4.69, 9.17) is 0 Å². The first-order chi connectivity index (χ1) is 8.28. The van der Waals surface area contributed by atoms with E-state index < -0.39 is 6.04 Å². The molecule has 2 amide bonds. The Morgan fingerprint density at radius 3 is 2.39 bits per heavy atom. The second-order valence-corrected chi connectivity index (χ2v) is 6.10. The van der Waals surface area contributed by atoms with Crippen molar-refractivity contribution in [1.82, 2.24) is 16.0 Å². The third-order valence-corrected chi connectivity index (χ3v) is 2.68. The summed E-state index contributed by atoms with van der Waals surface area (Å²) >= 11 is 0. The first-order valence-electron chi connectivity index (χ1n) is 6.60. The number of rotatable bonds is 6. The maximum atomic E-state index is 11.7. The normalized spacial score (nSPS) is 17.1. The highest BCUT2D eigenvalue weighted by molar-refractivity contribution is 5.88. The summed E-state index contributed by atoms with van der Waals surface area (Å²) in [6.45, 7) is 8.61. The lowest BCUT2D eigenvalue weighted by Gasteiger charge is -2.23. The average molecular weight is 255 g/mol. The minimum absolute atomic E-state index is 0.132. The lowest BCUT2D eigenvalue weighted by molar-refractivity contribution is -0.129. The molecule has 0 heterocycles. The van der Waals surface area contributed by atoms with Crippen LogP contribution < -0.4 is 16.0 Å². The fourth-order valence-electron chi connectivity index (χ4n) is 1.55. The second-order valence-electron chi connectivity index (χ2n) is 6.10. The number of hydrogen-bond donors (Lipinski definition) is 3. The van der Waals surface area contributed by atoms with Crippen molar-refractivity contribution in [2.45, 2.75) is 52.1 Å². The predicted molar refractivity (Wildman–Crippen MR) is 71.1 cm³/mol. The predicted octanol–water partition coefficient (Wildman–Crippen LogP) is 0.405. The maximum absolute atomic E-state index is 11.7. The summed E-state index contributed by atoms with van der Waals surface area (Å²) in [4.78, 5) is 23.3. The fourth-order valence-corrected chi connectivity index (χ4v) is 1.55. The molecular weight excluding hydrogens is 230 g/mol. The zero-order valence-electron chi connectivity index (χ0n) is 11.8. The van der Waals surface area contributed by atoms with E-state index in [1.807, 2.05) is 20.8 Å². The summed E-state index contributed by atoms with van der Waals surface area (Å²) in [5.41, 5.74) is -0.277. The molecule has 0 spiro atoms. The fraction of sp³-hybridized carbons (Fsp3) is 0.846. The van der Waals surface area contributed by atoms with Crippen LogP contribution in [0.1, 0.15) is 40.5 Å². The Kier molecular flexibility index (Phi) is 5.14. The molecule has 18 heavy (non-hydrogen) atoms. The van der Waals surface area contributed by atoms with Crippen molar-refractivity contribution in [3.8, 4) is 0 Å². The van der Waals surface area contributed by atoms with Crippen molar-refractivity contribution in [2.24, 2.45) is 5.92 Å². The molecule has 0 aromatic heterocycles. The van der Waals surface area contributed by atoms with Crippen molar-refractivity contribution in [3.05, 3.63) is 0 Å². The summed E-state index contributed by atoms with van der Waals surface area (Å²) in [7, 11) is 0. The number of hydrogen-bond acceptors (Lipinski definition) is 3. The monoisotopic (exact) mass is 255 g/mol. The highest BCUT2D eigenvalue weighted by atomic mass is 16.2. The highest BCUT2D eigenvalue weighted by Crippen LogP contribution is 2.27. The van der Waals surface area contributed by atoms with Gasteiger partial charge in [0.2, 0.25) is 11.8 Å². The van der Waals surface area contributed by atoms with E-state index in [9.17, 15) is 9.59 Å². The van der Waals surface area contributed by atoms with Gasteiger partial charge in [0.15, 0.2) is 0 Å². The van der Waals surface area contributed by atoms with Crippen LogP contribution in [0.5, 0.6) is 0 Å². The van der Waals surface area contributed by atoms with Gasteiger partial charge in [0.05, 0.1) is 6.54 Å². The van der Waals surface area contributed by atoms with Crippen LogP contribution in [-0.4, -0.2) is 36.5 Å². The first kappa shape index (κ1) is 15.0. The molecule has 5 heteroatoms. The third kappa shape index (κ3) is 6.59. The standard InChI is InChI=1S/C13H25N3O2/c1-9(12(18)16-13(2,3)4)15-11(17)8-14-7-10-5-6-10/h9-10,14H,5-8H2,1-4H3,(H,15,17)(H,16,18). The van der Waals surface area contributed by atoms with Gasteiger partial charge in [-0.15, -0.1) is 0 Å². The van der Waals surface area contributed by atoms with E-state index in [1.54, 1.807) is 6.92 Å². The van der Waals surface area contributed by atoms with Gasteiger partial charge in [-0.05, 0) is 53.0 Å². The first-order valence-corrected chi connectivity index (χ1v) is 6.60. The van der Waals surface area contributed by atoms with E-state index in [0.29, 0.717) is 0 Å². The number of nitrogens with one attached hydrogen (secondary N) is 3. The molecule has 1 atom stereocenters. The Balaban J connectivity index is 2.18. The van der Waals surface area contributed by atoms with Crippen LogP contribution in [0.3, 0.4) is 0 Å². The average Bonchev–Trinajstić information content (AvgIpc) is 2.98. The third-order valence-electron chi connectivity index (χ3n) is 2.68. The summed E-state index contributed by atoms with van der Waals surface area (Å²) in [5.74, 6) is 0.463. The number of carbonyl (C=O) groups excluding carboxylic acids is 2. The molecule has 0 aromatic rings. The van der Waals surface area contributed by atoms with Crippen LogP contribution in [0, 0.1) is 5.92 Å². The summed E-state index contributed by atoms with van der Waals surface area (Å²) < 4.78 is 0. The number of amides is 2. The molecule has 0 aromatic carbocycles. The topological polar surface area (TPSA) is 70.2 Å². The van der Waals surface area contributed by atoms with Gasteiger partial charge in [-0.3, -0.25) is 9.59 Å². The Hall–Kier alpha value is -1.10. The molecule has 0 saturated heterocycles. The summed E-state index contributed by atoms with van der Waals surface area (Å²) in [6, 6.07) is -0.501. The van der Waals surface area contributed by atoms with Crippen LogP contribution in [0.4, 0.5) is 0 Å². The molecule has 1 fully saturated rings. The lowest BCUT2D eigenvalue weighted by atomic mass is 10.1. The highest BCUT2D eigenvalue weighted by Gasteiger charge is 2.22. The van der Waals surface area contributed by atoms with Crippen molar-refractivity contribution in [2.75, 3.05) is 13.1 Å². The largest absolute Gasteiger partial charge is 0.350 e. The molecule has 1 aliphatic carbocycles. The van der Waals surface area contributed by atoms with E-state index >= 15 is 0 Å². The van der Waals surface area contributed by atoms with Gasteiger partial charge >= 0.3 is 0 Å². The van der Waals surface area contributed by atoms with Crippen LogP contribution in [-0.2, 0) is 9.59 Å². The van der Waals surface area contributed by atoms with Crippen molar-refractivity contribution in [3.63, 3.8) is 0 Å². The molecule has 1 unspecified atom stereocenters. The molecule has 3 N–H and O–H groups in total. The Morgan fingerprint density at radius 1 is 1.28 bits per heavy atom. The van der Waals surface area contributed by atoms with Gasteiger partial charge in [0.25, 0.3) is 0 Å². The SMILES string of the molecule is CC(NC(=O)CNCC1CC1)C(=O)NC(C)(C)C. The van der Waals surface area contributed by atoms with E-state index in [0.717, 1.165) is 12.5 Å². The Bertz CT molecular complexity index is 306. The Morgan fingerprint density at radius 2 is 1.89 bits per heavy atom. The smallest absolute Gasteiger partial charge is 0.242 e. The van der Waals surface area contributed by atoms with Crippen LogP contribution in [0.15, 0.2) is 0 Å². The molecule has 0 aliphatic heterocycles. The van der Waals surface area contributed by atoms with Gasteiger partial charge in [0, 0.05) is 5.54 Å². The number of carbonyl (C=O) groups is 2. The second kappa shape index (κ2) is 6.18. The maximum Gasteiger partial charge on any atom is 0.242 e. The zero-order valence-corrected chi connectivity index (χ0v) is 11.8. The molecule has 104 valence electrons.